The largest absolute Gasteiger partial charge is 0.384 e. The highest BCUT2D eigenvalue weighted by atomic mass is 35.5. The molecule has 1 heterocycles. The van der Waals surface area contributed by atoms with Crippen molar-refractivity contribution in [1.82, 2.24) is 14.9 Å². The predicted molar refractivity (Wildman–Crippen MR) is 121 cm³/mol. The third kappa shape index (κ3) is 4.81. The molecule has 4 heteroatoms. The minimum atomic E-state index is 0.731. The van der Waals surface area contributed by atoms with Crippen LogP contribution in [0, 0.1) is 19.8 Å². The topological polar surface area (TPSA) is 29.9 Å². The van der Waals surface area contributed by atoms with Crippen molar-refractivity contribution in [2.45, 2.75) is 72.3 Å². The molecule has 0 saturated heterocycles. The van der Waals surface area contributed by atoms with Crippen LogP contribution in [0.3, 0.4) is 0 Å². The zero-order valence-corrected chi connectivity index (χ0v) is 18.4. The molecule has 0 radical (unpaired) electrons. The van der Waals surface area contributed by atoms with Crippen molar-refractivity contribution in [3.63, 3.8) is 0 Å². The Balaban J connectivity index is 1.99. The SMILES string of the molecule is C=C(NCCCC)c1nc(-c2cc(Cl)ccc2C)n(CC2CCCCC2)c1C. The monoisotopic (exact) mass is 399 g/mol. The van der Waals surface area contributed by atoms with Crippen molar-refractivity contribution < 1.29 is 0 Å². The van der Waals surface area contributed by atoms with Crippen molar-refractivity contribution >= 4 is 17.3 Å². The van der Waals surface area contributed by atoms with E-state index in [9.17, 15) is 0 Å². The molecule has 0 aliphatic heterocycles. The van der Waals surface area contributed by atoms with Gasteiger partial charge in [0.15, 0.2) is 0 Å². The van der Waals surface area contributed by atoms with Gasteiger partial charge in [0.1, 0.15) is 11.5 Å². The average molecular weight is 400 g/mol. The van der Waals surface area contributed by atoms with Crippen molar-refractivity contribution in [2.24, 2.45) is 5.92 Å². The molecule has 0 bridgehead atoms. The van der Waals surface area contributed by atoms with Crippen LogP contribution in [0.4, 0.5) is 0 Å². The van der Waals surface area contributed by atoms with E-state index in [0.717, 1.165) is 53.2 Å². The summed E-state index contributed by atoms with van der Waals surface area (Å²) in [6.45, 7) is 12.8. The first-order valence-electron chi connectivity index (χ1n) is 10.8. The fraction of sp³-hybridized carbons (Fsp3) is 0.542. The fourth-order valence-electron chi connectivity index (χ4n) is 4.21. The zero-order valence-electron chi connectivity index (χ0n) is 17.7. The molecule has 2 aromatic rings. The molecular weight excluding hydrogens is 366 g/mol. The molecule has 1 aliphatic rings. The van der Waals surface area contributed by atoms with Gasteiger partial charge >= 0.3 is 0 Å². The molecule has 3 nitrogen and oxygen atoms in total. The van der Waals surface area contributed by atoms with Crippen molar-refractivity contribution in [3.8, 4) is 11.4 Å². The molecule has 1 saturated carbocycles. The summed E-state index contributed by atoms with van der Waals surface area (Å²) in [7, 11) is 0. The number of aryl methyl sites for hydroxylation is 1. The van der Waals surface area contributed by atoms with Crippen LogP contribution in [0.2, 0.25) is 5.02 Å². The van der Waals surface area contributed by atoms with Crippen molar-refractivity contribution in [1.29, 1.82) is 0 Å². The van der Waals surface area contributed by atoms with Crippen LogP contribution in [0.15, 0.2) is 24.8 Å². The minimum Gasteiger partial charge on any atom is -0.384 e. The summed E-state index contributed by atoms with van der Waals surface area (Å²) in [6.07, 6.45) is 9.02. The highest BCUT2D eigenvalue weighted by Gasteiger charge is 2.22. The van der Waals surface area contributed by atoms with Gasteiger partial charge in [-0.25, -0.2) is 4.98 Å². The van der Waals surface area contributed by atoms with Gasteiger partial charge in [-0.1, -0.05) is 56.9 Å². The summed E-state index contributed by atoms with van der Waals surface area (Å²) in [5.74, 6) is 1.76. The van der Waals surface area contributed by atoms with E-state index in [1.54, 1.807) is 0 Å². The minimum absolute atomic E-state index is 0.731. The summed E-state index contributed by atoms with van der Waals surface area (Å²) >= 11 is 6.34. The van der Waals surface area contributed by atoms with Gasteiger partial charge in [0.05, 0.1) is 5.70 Å². The lowest BCUT2D eigenvalue weighted by atomic mass is 9.89. The molecule has 3 rings (SSSR count). The normalized spacial score (nSPS) is 15.0. The Labute approximate surface area is 175 Å². The second kappa shape index (κ2) is 9.65. The van der Waals surface area contributed by atoms with Crippen LogP contribution in [0.5, 0.6) is 0 Å². The number of halogens is 1. The van der Waals surface area contributed by atoms with E-state index in [0.29, 0.717) is 0 Å². The number of unbranched alkanes of at least 4 members (excludes halogenated alkanes) is 1. The van der Waals surface area contributed by atoms with Gasteiger partial charge in [0, 0.05) is 29.4 Å². The molecule has 1 aromatic heterocycles. The van der Waals surface area contributed by atoms with E-state index in [-0.39, 0.29) is 0 Å². The van der Waals surface area contributed by atoms with Crippen LogP contribution in [-0.2, 0) is 6.54 Å². The number of aromatic nitrogens is 2. The number of rotatable bonds is 8. The Kier molecular flexibility index (Phi) is 7.23. The van der Waals surface area contributed by atoms with E-state index in [1.807, 2.05) is 12.1 Å². The van der Waals surface area contributed by atoms with Gasteiger partial charge in [-0.3, -0.25) is 0 Å². The molecule has 1 aromatic carbocycles. The highest BCUT2D eigenvalue weighted by Crippen LogP contribution is 2.33. The van der Waals surface area contributed by atoms with Crippen LogP contribution < -0.4 is 5.32 Å². The van der Waals surface area contributed by atoms with Gasteiger partial charge in [0.25, 0.3) is 0 Å². The lowest BCUT2D eigenvalue weighted by Crippen LogP contribution is -2.17. The average Bonchev–Trinajstić information content (AvgIpc) is 3.01. The van der Waals surface area contributed by atoms with Gasteiger partial charge in [-0.15, -0.1) is 0 Å². The van der Waals surface area contributed by atoms with Gasteiger partial charge in [0.2, 0.25) is 0 Å². The molecule has 0 atom stereocenters. The molecule has 1 N–H and O–H groups in total. The third-order valence-corrected chi connectivity index (χ3v) is 6.22. The lowest BCUT2D eigenvalue weighted by molar-refractivity contribution is 0.318. The maximum absolute atomic E-state index is 6.34. The van der Waals surface area contributed by atoms with Crippen molar-refractivity contribution in [3.05, 3.63) is 46.8 Å². The Bertz CT molecular complexity index is 815. The van der Waals surface area contributed by atoms with E-state index in [4.69, 9.17) is 16.6 Å². The van der Waals surface area contributed by atoms with Gasteiger partial charge in [-0.05, 0) is 56.7 Å². The summed E-state index contributed by atoms with van der Waals surface area (Å²) < 4.78 is 2.41. The summed E-state index contributed by atoms with van der Waals surface area (Å²) in [5, 5.41) is 4.22. The predicted octanol–water partition coefficient (Wildman–Crippen LogP) is 6.76. The summed E-state index contributed by atoms with van der Waals surface area (Å²) in [6, 6.07) is 6.08. The molecular formula is C24H34ClN3. The van der Waals surface area contributed by atoms with E-state index in [2.05, 4.69) is 43.3 Å². The van der Waals surface area contributed by atoms with E-state index >= 15 is 0 Å². The molecule has 1 fully saturated rings. The second-order valence-electron chi connectivity index (χ2n) is 8.20. The molecule has 0 amide bonds. The molecule has 152 valence electrons. The molecule has 28 heavy (non-hydrogen) atoms. The van der Waals surface area contributed by atoms with Crippen LogP contribution in [0.25, 0.3) is 17.1 Å². The second-order valence-corrected chi connectivity index (χ2v) is 8.64. The maximum Gasteiger partial charge on any atom is 0.141 e. The standard InChI is InChI=1S/C24H34ClN3/c1-5-6-14-26-18(3)23-19(4)28(16-20-10-8-7-9-11-20)24(27-23)22-15-21(25)13-12-17(22)2/h12-13,15,20,26H,3,5-11,14,16H2,1-2,4H3. The van der Waals surface area contributed by atoms with Crippen LogP contribution >= 0.6 is 11.6 Å². The summed E-state index contributed by atoms with van der Waals surface area (Å²) in [5.41, 5.74) is 5.44. The number of nitrogens with one attached hydrogen (secondary N) is 1. The quantitative estimate of drug-likeness (QED) is 0.497. The Morgan fingerprint density at radius 2 is 2.00 bits per heavy atom. The number of nitrogens with zero attached hydrogens (tertiary/aromatic N) is 2. The van der Waals surface area contributed by atoms with Crippen molar-refractivity contribution in [2.75, 3.05) is 6.54 Å². The fourth-order valence-corrected chi connectivity index (χ4v) is 4.38. The lowest BCUT2D eigenvalue weighted by Gasteiger charge is -2.24. The first-order chi connectivity index (χ1) is 13.5. The smallest absolute Gasteiger partial charge is 0.141 e. The molecule has 0 spiro atoms. The Hall–Kier alpha value is -1.74. The molecule has 1 aliphatic carbocycles. The maximum atomic E-state index is 6.34. The highest BCUT2D eigenvalue weighted by molar-refractivity contribution is 6.30. The number of hydrogen-bond donors (Lipinski definition) is 1. The van der Waals surface area contributed by atoms with E-state index < -0.39 is 0 Å². The van der Waals surface area contributed by atoms with Gasteiger partial charge < -0.3 is 9.88 Å². The summed E-state index contributed by atoms with van der Waals surface area (Å²) in [4.78, 5) is 5.07. The van der Waals surface area contributed by atoms with E-state index in [1.165, 1.54) is 49.8 Å². The number of hydrogen-bond acceptors (Lipinski definition) is 2. The number of imidazole rings is 1. The molecule has 0 unspecified atom stereocenters. The Morgan fingerprint density at radius 1 is 1.25 bits per heavy atom. The van der Waals surface area contributed by atoms with Gasteiger partial charge in [-0.2, -0.15) is 0 Å². The Morgan fingerprint density at radius 3 is 2.71 bits per heavy atom. The number of benzene rings is 1. The van der Waals surface area contributed by atoms with Crippen LogP contribution in [0.1, 0.15) is 68.8 Å². The zero-order chi connectivity index (χ0) is 20.1. The third-order valence-electron chi connectivity index (χ3n) is 5.98. The first-order valence-corrected chi connectivity index (χ1v) is 11.2. The van der Waals surface area contributed by atoms with Crippen LogP contribution in [-0.4, -0.2) is 16.1 Å². The first kappa shape index (κ1) is 21.0.